The molecule has 0 aliphatic heterocycles. The van der Waals surface area contributed by atoms with Gasteiger partial charge >= 0.3 is 0 Å². The summed E-state index contributed by atoms with van der Waals surface area (Å²) in [7, 11) is 3.41. The number of ether oxygens (including phenoxy) is 1. The van der Waals surface area contributed by atoms with Gasteiger partial charge in [-0.25, -0.2) is 4.98 Å². The number of nitrogens with zero attached hydrogens (tertiary/aromatic N) is 2. The minimum atomic E-state index is 0. The number of H-pyrrole nitrogens is 1. The topological polar surface area (TPSA) is 74.3 Å². The first-order valence-electron chi connectivity index (χ1n) is 6.86. The van der Waals surface area contributed by atoms with Crippen LogP contribution in [0.15, 0.2) is 41.5 Å². The van der Waals surface area contributed by atoms with Crippen LogP contribution in [0.3, 0.4) is 0 Å². The summed E-state index contributed by atoms with van der Waals surface area (Å²) in [5.74, 6) is 1.59. The molecule has 0 aliphatic carbocycles. The number of rotatable bonds is 6. The van der Waals surface area contributed by atoms with Gasteiger partial charge in [-0.2, -0.15) is 0 Å². The van der Waals surface area contributed by atoms with E-state index in [1.165, 1.54) is 0 Å². The summed E-state index contributed by atoms with van der Waals surface area (Å²) < 4.78 is 4.99. The minimum absolute atomic E-state index is 0. The van der Waals surface area contributed by atoms with Gasteiger partial charge in [0.15, 0.2) is 5.96 Å². The van der Waals surface area contributed by atoms with Crippen LogP contribution in [0.1, 0.15) is 5.82 Å². The minimum Gasteiger partial charge on any atom is -0.383 e. The normalized spacial score (nSPS) is 10.9. The molecule has 0 saturated carbocycles. The average molecular weight is 415 g/mol. The Morgan fingerprint density at radius 1 is 1.27 bits per heavy atom. The van der Waals surface area contributed by atoms with Gasteiger partial charge in [-0.05, 0) is 5.56 Å². The summed E-state index contributed by atoms with van der Waals surface area (Å²) in [5.41, 5.74) is 2.13. The Bertz CT molecular complexity index is 570. The van der Waals surface area contributed by atoms with Gasteiger partial charge in [0.2, 0.25) is 0 Å². The van der Waals surface area contributed by atoms with Crippen LogP contribution in [0.25, 0.3) is 11.3 Å². The molecule has 2 aromatic rings. The van der Waals surface area contributed by atoms with Crippen molar-refractivity contribution in [3.05, 3.63) is 42.4 Å². The summed E-state index contributed by atoms with van der Waals surface area (Å²) in [6.45, 7) is 1.93. The Balaban J connectivity index is 0.00000242. The number of imidazole rings is 1. The predicted octanol–water partition coefficient (Wildman–Crippen LogP) is 2.01. The van der Waals surface area contributed by atoms with Crippen molar-refractivity contribution in [3.63, 3.8) is 0 Å². The third kappa shape index (κ3) is 5.64. The molecular formula is C15H22IN5O. The van der Waals surface area contributed by atoms with Gasteiger partial charge in [0, 0.05) is 20.7 Å². The van der Waals surface area contributed by atoms with Crippen molar-refractivity contribution in [1.29, 1.82) is 0 Å². The highest BCUT2D eigenvalue weighted by Crippen LogP contribution is 2.15. The second-order valence-corrected chi connectivity index (χ2v) is 4.45. The number of guanidine groups is 1. The van der Waals surface area contributed by atoms with Crippen molar-refractivity contribution in [3.8, 4) is 11.3 Å². The molecule has 22 heavy (non-hydrogen) atoms. The van der Waals surface area contributed by atoms with E-state index < -0.39 is 0 Å². The fourth-order valence-corrected chi connectivity index (χ4v) is 1.88. The highest BCUT2D eigenvalue weighted by molar-refractivity contribution is 14.0. The fourth-order valence-electron chi connectivity index (χ4n) is 1.88. The van der Waals surface area contributed by atoms with Crippen molar-refractivity contribution in [2.45, 2.75) is 6.54 Å². The average Bonchev–Trinajstić information content (AvgIpc) is 3.00. The Hall–Kier alpha value is -1.61. The maximum Gasteiger partial charge on any atom is 0.191 e. The molecule has 0 fully saturated rings. The molecule has 0 radical (unpaired) electrons. The van der Waals surface area contributed by atoms with E-state index in [0.29, 0.717) is 19.7 Å². The molecule has 1 aromatic heterocycles. The van der Waals surface area contributed by atoms with E-state index in [0.717, 1.165) is 23.0 Å². The third-order valence-electron chi connectivity index (χ3n) is 2.96. The van der Waals surface area contributed by atoms with Crippen molar-refractivity contribution in [1.82, 2.24) is 20.6 Å². The van der Waals surface area contributed by atoms with Gasteiger partial charge in [0.25, 0.3) is 0 Å². The number of nitrogens with one attached hydrogen (secondary N) is 3. The van der Waals surface area contributed by atoms with Crippen LogP contribution < -0.4 is 10.6 Å². The van der Waals surface area contributed by atoms with E-state index in [9.17, 15) is 0 Å². The molecule has 120 valence electrons. The van der Waals surface area contributed by atoms with Crippen molar-refractivity contribution < 1.29 is 4.74 Å². The highest BCUT2D eigenvalue weighted by Gasteiger charge is 2.03. The first-order chi connectivity index (χ1) is 10.3. The Kier molecular flexibility index (Phi) is 8.53. The zero-order valence-electron chi connectivity index (χ0n) is 12.8. The summed E-state index contributed by atoms with van der Waals surface area (Å²) in [4.78, 5) is 11.8. The van der Waals surface area contributed by atoms with Gasteiger partial charge in [-0.15, -0.1) is 24.0 Å². The largest absolute Gasteiger partial charge is 0.383 e. The molecular weight excluding hydrogens is 393 g/mol. The summed E-state index contributed by atoms with van der Waals surface area (Å²) in [6.07, 6.45) is 1.84. The molecule has 1 heterocycles. The van der Waals surface area contributed by atoms with Crippen LogP contribution in [-0.2, 0) is 11.3 Å². The van der Waals surface area contributed by atoms with E-state index in [1.54, 1.807) is 14.2 Å². The Labute approximate surface area is 147 Å². The van der Waals surface area contributed by atoms with Crippen LogP contribution in [-0.4, -0.2) is 43.2 Å². The zero-order chi connectivity index (χ0) is 14.9. The maximum absolute atomic E-state index is 4.99. The number of benzene rings is 1. The number of halogens is 1. The molecule has 0 spiro atoms. The molecule has 6 nitrogen and oxygen atoms in total. The van der Waals surface area contributed by atoms with Crippen molar-refractivity contribution >= 4 is 29.9 Å². The van der Waals surface area contributed by atoms with Crippen LogP contribution in [0, 0.1) is 0 Å². The van der Waals surface area contributed by atoms with E-state index in [2.05, 4.69) is 37.7 Å². The maximum atomic E-state index is 4.99. The lowest BCUT2D eigenvalue weighted by molar-refractivity contribution is 0.203. The number of aliphatic imine (C=N–C) groups is 1. The third-order valence-corrected chi connectivity index (χ3v) is 2.96. The smallest absolute Gasteiger partial charge is 0.191 e. The SMILES string of the molecule is CN=C(NCCOC)NCc1ncc(-c2ccccc2)[nH]1.I. The van der Waals surface area contributed by atoms with Crippen LogP contribution in [0.4, 0.5) is 0 Å². The quantitative estimate of drug-likeness (QED) is 0.292. The molecule has 0 saturated heterocycles. The number of aromatic nitrogens is 2. The van der Waals surface area contributed by atoms with Gasteiger partial charge in [-0.3, -0.25) is 4.99 Å². The number of hydrogen-bond donors (Lipinski definition) is 3. The van der Waals surface area contributed by atoms with E-state index in [-0.39, 0.29) is 24.0 Å². The van der Waals surface area contributed by atoms with Crippen LogP contribution in [0.2, 0.25) is 0 Å². The molecule has 0 aliphatic rings. The summed E-state index contributed by atoms with van der Waals surface area (Å²) in [5, 5.41) is 6.35. The molecule has 3 N–H and O–H groups in total. The monoisotopic (exact) mass is 415 g/mol. The van der Waals surface area contributed by atoms with Crippen LogP contribution in [0.5, 0.6) is 0 Å². The fraction of sp³-hybridized carbons (Fsp3) is 0.333. The van der Waals surface area contributed by atoms with Crippen molar-refractivity contribution in [2.24, 2.45) is 4.99 Å². The predicted molar refractivity (Wildman–Crippen MR) is 99.5 cm³/mol. The Morgan fingerprint density at radius 3 is 2.73 bits per heavy atom. The molecule has 7 heteroatoms. The van der Waals surface area contributed by atoms with E-state index >= 15 is 0 Å². The second-order valence-electron chi connectivity index (χ2n) is 4.45. The van der Waals surface area contributed by atoms with Gasteiger partial charge in [0.1, 0.15) is 5.82 Å². The molecule has 0 amide bonds. The molecule has 1 aromatic carbocycles. The molecule has 2 rings (SSSR count). The first-order valence-corrected chi connectivity index (χ1v) is 6.86. The summed E-state index contributed by atoms with van der Waals surface area (Å²) in [6, 6.07) is 10.1. The van der Waals surface area contributed by atoms with Gasteiger partial charge in [0.05, 0.1) is 25.0 Å². The first kappa shape index (κ1) is 18.4. The molecule has 0 bridgehead atoms. The van der Waals surface area contributed by atoms with E-state index in [4.69, 9.17) is 4.74 Å². The highest BCUT2D eigenvalue weighted by atomic mass is 127. The van der Waals surface area contributed by atoms with E-state index in [1.807, 2.05) is 24.4 Å². The standard InChI is InChI=1S/C15H21N5O.HI/c1-16-15(17-8-9-21-2)19-11-14-18-10-13(20-14)12-6-4-3-5-7-12;/h3-7,10H,8-9,11H2,1-2H3,(H,18,20)(H2,16,17,19);1H. The number of methoxy groups -OCH3 is 1. The lowest BCUT2D eigenvalue weighted by Crippen LogP contribution is -2.38. The van der Waals surface area contributed by atoms with Crippen LogP contribution >= 0.6 is 24.0 Å². The number of hydrogen-bond acceptors (Lipinski definition) is 3. The zero-order valence-corrected chi connectivity index (χ0v) is 15.1. The lowest BCUT2D eigenvalue weighted by Gasteiger charge is -2.10. The summed E-state index contributed by atoms with van der Waals surface area (Å²) >= 11 is 0. The second kappa shape index (κ2) is 10.2. The van der Waals surface area contributed by atoms with Gasteiger partial charge < -0.3 is 20.4 Å². The van der Waals surface area contributed by atoms with Gasteiger partial charge in [-0.1, -0.05) is 30.3 Å². The number of aromatic amines is 1. The molecule has 0 unspecified atom stereocenters. The molecule has 0 atom stereocenters. The lowest BCUT2D eigenvalue weighted by atomic mass is 10.2. The Morgan fingerprint density at radius 2 is 2.05 bits per heavy atom. The van der Waals surface area contributed by atoms with Crippen molar-refractivity contribution in [2.75, 3.05) is 27.3 Å².